The molecule has 2 N–H and O–H groups in total. The minimum Gasteiger partial charge on any atom is -0.383 e. The summed E-state index contributed by atoms with van der Waals surface area (Å²) < 4.78 is 5.24. The maximum absolute atomic E-state index is 5.85. The lowest BCUT2D eigenvalue weighted by Crippen LogP contribution is -2.38. The van der Waals surface area contributed by atoms with E-state index in [4.69, 9.17) is 15.5 Å². The van der Waals surface area contributed by atoms with Crippen LogP contribution < -0.4 is 10.6 Å². The van der Waals surface area contributed by atoms with Gasteiger partial charge in [0.1, 0.15) is 5.82 Å². The van der Waals surface area contributed by atoms with Crippen LogP contribution in [0.25, 0.3) is 0 Å². The van der Waals surface area contributed by atoms with Crippen molar-refractivity contribution in [2.45, 2.75) is 46.2 Å². The molecule has 0 amide bonds. The number of nitrogens with two attached hydrogens (primary N) is 1. The Kier molecular flexibility index (Phi) is 6.81. The highest BCUT2D eigenvalue weighted by atomic mass is 16.5. The zero-order valence-electron chi connectivity index (χ0n) is 12.6. The van der Waals surface area contributed by atoms with Crippen molar-refractivity contribution >= 4 is 5.82 Å². The first kappa shape index (κ1) is 15.9. The van der Waals surface area contributed by atoms with Crippen LogP contribution in [0.4, 0.5) is 5.82 Å². The van der Waals surface area contributed by atoms with Crippen LogP contribution in [0, 0.1) is 6.92 Å². The van der Waals surface area contributed by atoms with Crippen molar-refractivity contribution in [3.8, 4) is 0 Å². The van der Waals surface area contributed by atoms with E-state index in [2.05, 4.69) is 24.8 Å². The summed E-state index contributed by atoms with van der Waals surface area (Å²) in [6, 6.07) is 4.59. The van der Waals surface area contributed by atoms with Gasteiger partial charge in [-0.1, -0.05) is 19.9 Å². The number of hydrogen-bond donors (Lipinski definition) is 1. The summed E-state index contributed by atoms with van der Waals surface area (Å²) in [4.78, 5) is 7.05. The Bertz CT molecular complexity index is 378. The molecular weight excluding hydrogens is 238 g/mol. The van der Waals surface area contributed by atoms with Crippen molar-refractivity contribution in [1.82, 2.24) is 4.98 Å². The molecule has 0 aliphatic carbocycles. The van der Waals surface area contributed by atoms with Gasteiger partial charge in [0.25, 0.3) is 0 Å². The molecule has 0 unspecified atom stereocenters. The van der Waals surface area contributed by atoms with Crippen LogP contribution in [-0.2, 0) is 11.3 Å². The van der Waals surface area contributed by atoms with Gasteiger partial charge in [-0.05, 0) is 25.8 Å². The third-order valence-corrected chi connectivity index (χ3v) is 3.51. The van der Waals surface area contributed by atoms with Gasteiger partial charge in [0, 0.05) is 37.5 Å². The monoisotopic (exact) mass is 265 g/mol. The van der Waals surface area contributed by atoms with Gasteiger partial charge in [-0.2, -0.15) is 0 Å². The summed E-state index contributed by atoms with van der Waals surface area (Å²) in [5.41, 5.74) is 7.99. The van der Waals surface area contributed by atoms with E-state index in [1.165, 1.54) is 0 Å². The first-order valence-corrected chi connectivity index (χ1v) is 7.10. The molecule has 0 radical (unpaired) electrons. The molecular formula is C15H27N3O. The molecule has 0 atom stereocenters. The Morgan fingerprint density at radius 2 is 2.00 bits per heavy atom. The topological polar surface area (TPSA) is 51.4 Å². The molecule has 0 bridgehead atoms. The van der Waals surface area contributed by atoms with E-state index in [1.807, 2.05) is 13.0 Å². The molecule has 1 rings (SSSR count). The SMILES string of the molecule is CCC(CC)N(CCOC)c1nc(C)ccc1CN. The number of hydrogen-bond acceptors (Lipinski definition) is 4. The van der Waals surface area contributed by atoms with Gasteiger partial charge in [-0.15, -0.1) is 0 Å². The third kappa shape index (κ3) is 4.18. The molecule has 1 aromatic rings. The van der Waals surface area contributed by atoms with E-state index in [0.717, 1.165) is 36.5 Å². The Hall–Kier alpha value is -1.13. The van der Waals surface area contributed by atoms with Crippen LogP contribution in [0.5, 0.6) is 0 Å². The normalized spacial score (nSPS) is 11.1. The predicted molar refractivity (Wildman–Crippen MR) is 80.5 cm³/mol. The summed E-state index contributed by atoms with van der Waals surface area (Å²) >= 11 is 0. The van der Waals surface area contributed by atoms with E-state index < -0.39 is 0 Å². The standard InChI is InChI=1S/C15H27N3O/c1-5-14(6-2)18(9-10-19-4)15-13(11-16)8-7-12(3)17-15/h7-8,14H,5-6,9-11,16H2,1-4H3. The van der Waals surface area contributed by atoms with Crippen molar-refractivity contribution in [3.05, 3.63) is 23.4 Å². The Labute approximate surface area is 117 Å². The fourth-order valence-corrected chi connectivity index (χ4v) is 2.36. The average Bonchev–Trinajstić information content (AvgIpc) is 2.43. The van der Waals surface area contributed by atoms with E-state index in [1.54, 1.807) is 7.11 Å². The molecule has 108 valence electrons. The van der Waals surface area contributed by atoms with Gasteiger partial charge < -0.3 is 15.4 Å². The summed E-state index contributed by atoms with van der Waals surface area (Å²) in [6.45, 7) is 8.53. The number of pyridine rings is 1. The molecule has 1 heterocycles. The number of rotatable bonds is 8. The molecule has 0 aliphatic rings. The zero-order chi connectivity index (χ0) is 14.3. The van der Waals surface area contributed by atoms with Crippen molar-refractivity contribution in [3.63, 3.8) is 0 Å². The largest absolute Gasteiger partial charge is 0.383 e. The van der Waals surface area contributed by atoms with Crippen LogP contribution >= 0.6 is 0 Å². The molecule has 0 fully saturated rings. The fraction of sp³-hybridized carbons (Fsp3) is 0.667. The minimum atomic E-state index is 0.481. The molecule has 19 heavy (non-hydrogen) atoms. The first-order valence-electron chi connectivity index (χ1n) is 7.10. The number of methoxy groups -OCH3 is 1. The summed E-state index contributed by atoms with van der Waals surface area (Å²) in [5.74, 6) is 1.02. The van der Waals surface area contributed by atoms with Gasteiger partial charge in [0.05, 0.1) is 6.61 Å². The van der Waals surface area contributed by atoms with Crippen LogP contribution in [0.2, 0.25) is 0 Å². The van der Waals surface area contributed by atoms with E-state index in [9.17, 15) is 0 Å². The van der Waals surface area contributed by atoms with Crippen LogP contribution in [0.1, 0.15) is 37.9 Å². The van der Waals surface area contributed by atoms with Crippen LogP contribution in [0.15, 0.2) is 12.1 Å². The van der Waals surface area contributed by atoms with Crippen molar-refractivity contribution in [2.24, 2.45) is 5.73 Å². The average molecular weight is 265 g/mol. The molecule has 4 heteroatoms. The van der Waals surface area contributed by atoms with Crippen molar-refractivity contribution in [2.75, 3.05) is 25.2 Å². The number of anilines is 1. The molecule has 1 aromatic heterocycles. The van der Waals surface area contributed by atoms with Gasteiger partial charge in [0.15, 0.2) is 0 Å². The second kappa shape index (κ2) is 8.12. The predicted octanol–water partition coefficient (Wildman–Crippen LogP) is 2.49. The highest BCUT2D eigenvalue weighted by Gasteiger charge is 2.19. The maximum Gasteiger partial charge on any atom is 0.133 e. The third-order valence-electron chi connectivity index (χ3n) is 3.51. The lowest BCUT2D eigenvalue weighted by atomic mass is 10.1. The maximum atomic E-state index is 5.85. The van der Waals surface area contributed by atoms with Gasteiger partial charge in [-0.25, -0.2) is 4.98 Å². The van der Waals surface area contributed by atoms with Crippen LogP contribution in [0.3, 0.4) is 0 Å². The quantitative estimate of drug-likeness (QED) is 0.784. The lowest BCUT2D eigenvalue weighted by Gasteiger charge is -2.33. The highest BCUT2D eigenvalue weighted by Crippen LogP contribution is 2.23. The highest BCUT2D eigenvalue weighted by molar-refractivity contribution is 5.48. The smallest absolute Gasteiger partial charge is 0.133 e. The molecule has 0 saturated heterocycles. The number of aromatic nitrogens is 1. The van der Waals surface area contributed by atoms with E-state index in [0.29, 0.717) is 19.2 Å². The number of ether oxygens (including phenoxy) is 1. The Balaban J connectivity index is 3.10. The summed E-state index contributed by atoms with van der Waals surface area (Å²) in [6.07, 6.45) is 2.19. The van der Waals surface area contributed by atoms with E-state index in [-0.39, 0.29) is 0 Å². The molecule has 0 saturated carbocycles. The Morgan fingerprint density at radius 1 is 1.32 bits per heavy atom. The first-order chi connectivity index (χ1) is 9.17. The fourth-order valence-electron chi connectivity index (χ4n) is 2.36. The van der Waals surface area contributed by atoms with Gasteiger partial charge >= 0.3 is 0 Å². The minimum absolute atomic E-state index is 0.481. The van der Waals surface area contributed by atoms with Crippen molar-refractivity contribution < 1.29 is 4.74 Å². The Morgan fingerprint density at radius 3 is 2.53 bits per heavy atom. The van der Waals surface area contributed by atoms with Crippen LogP contribution in [-0.4, -0.2) is 31.3 Å². The van der Waals surface area contributed by atoms with E-state index >= 15 is 0 Å². The van der Waals surface area contributed by atoms with Gasteiger partial charge in [-0.3, -0.25) is 0 Å². The van der Waals surface area contributed by atoms with Crippen molar-refractivity contribution in [1.29, 1.82) is 0 Å². The molecule has 0 aromatic carbocycles. The number of nitrogens with zero attached hydrogens (tertiary/aromatic N) is 2. The molecule has 4 nitrogen and oxygen atoms in total. The summed E-state index contributed by atoms with van der Waals surface area (Å²) in [7, 11) is 1.73. The lowest BCUT2D eigenvalue weighted by molar-refractivity contribution is 0.202. The second-order valence-electron chi connectivity index (χ2n) is 4.80. The zero-order valence-corrected chi connectivity index (χ0v) is 12.6. The summed E-state index contributed by atoms with van der Waals surface area (Å²) in [5, 5.41) is 0. The van der Waals surface area contributed by atoms with Gasteiger partial charge in [0.2, 0.25) is 0 Å². The molecule has 0 aliphatic heterocycles. The molecule has 0 spiro atoms. The number of aryl methyl sites for hydroxylation is 1. The second-order valence-corrected chi connectivity index (χ2v) is 4.80.